The Morgan fingerprint density at radius 2 is 2.08 bits per heavy atom. The first-order valence-corrected chi connectivity index (χ1v) is 10.3. The van der Waals surface area contributed by atoms with E-state index in [-0.39, 0.29) is 11.8 Å². The van der Waals surface area contributed by atoms with Crippen LogP contribution in [0.25, 0.3) is 0 Å². The number of rotatable bonds is 5. The summed E-state index contributed by atoms with van der Waals surface area (Å²) in [5, 5.41) is 8.92. The van der Waals surface area contributed by atoms with Gasteiger partial charge in [-0.25, -0.2) is 4.68 Å². The molecule has 1 aromatic heterocycles. The second kappa shape index (κ2) is 7.27. The summed E-state index contributed by atoms with van der Waals surface area (Å²) in [5.74, 6) is 2.00. The van der Waals surface area contributed by atoms with Gasteiger partial charge in [0, 0.05) is 23.4 Å². The Morgan fingerprint density at radius 3 is 2.85 bits per heavy atom. The molecule has 0 spiro atoms. The van der Waals surface area contributed by atoms with Crippen molar-refractivity contribution < 1.29 is 4.79 Å². The number of allylic oxidation sites excluding steroid dienone is 2. The molecule has 0 saturated carbocycles. The number of unbranched alkanes of at least 4 members (excludes halogenated alkanes) is 1. The van der Waals surface area contributed by atoms with Crippen LogP contribution in [0.3, 0.4) is 0 Å². The number of benzene rings is 1. The molecule has 5 nitrogen and oxygen atoms in total. The lowest BCUT2D eigenvalue weighted by Gasteiger charge is -2.32. The molecule has 1 unspecified atom stereocenters. The summed E-state index contributed by atoms with van der Waals surface area (Å²) in [7, 11) is 0. The summed E-state index contributed by atoms with van der Waals surface area (Å²) >= 11 is 1.69. The third-order valence-electron chi connectivity index (χ3n) is 4.97. The van der Waals surface area contributed by atoms with Crippen molar-refractivity contribution >= 4 is 23.5 Å². The largest absolute Gasteiger partial charge is 0.328 e. The minimum atomic E-state index is -0.178. The normalized spacial score (nSPS) is 19.2. The van der Waals surface area contributed by atoms with Crippen molar-refractivity contribution in [2.45, 2.75) is 57.1 Å². The lowest BCUT2D eigenvalue weighted by Crippen LogP contribution is -2.31. The van der Waals surface area contributed by atoms with E-state index in [0.29, 0.717) is 6.42 Å². The van der Waals surface area contributed by atoms with Crippen LogP contribution in [0.1, 0.15) is 56.2 Å². The van der Waals surface area contributed by atoms with Gasteiger partial charge in [-0.2, -0.15) is 4.98 Å². The number of nitrogens with zero attached hydrogens (tertiary/aromatic N) is 3. The van der Waals surface area contributed by atoms with Crippen LogP contribution in [0.5, 0.6) is 0 Å². The molecule has 1 aliphatic heterocycles. The molecule has 26 heavy (non-hydrogen) atoms. The predicted octanol–water partition coefficient (Wildman–Crippen LogP) is 4.50. The van der Waals surface area contributed by atoms with Gasteiger partial charge in [-0.3, -0.25) is 4.79 Å². The number of hydrogen-bond acceptors (Lipinski definition) is 5. The highest BCUT2D eigenvalue weighted by atomic mass is 32.2. The predicted molar refractivity (Wildman–Crippen MR) is 104 cm³/mol. The first-order valence-electron chi connectivity index (χ1n) is 9.36. The van der Waals surface area contributed by atoms with Crippen LogP contribution in [0.2, 0.25) is 0 Å². The average molecular weight is 369 g/mol. The highest BCUT2D eigenvalue weighted by Crippen LogP contribution is 2.40. The van der Waals surface area contributed by atoms with Gasteiger partial charge in [0.05, 0.1) is 0 Å². The van der Waals surface area contributed by atoms with E-state index in [1.54, 1.807) is 11.8 Å². The Bertz CT molecular complexity index is 853. The summed E-state index contributed by atoms with van der Waals surface area (Å²) < 4.78 is 1.90. The van der Waals surface area contributed by atoms with Gasteiger partial charge in [0.15, 0.2) is 5.78 Å². The van der Waals surface area contributed by atoms with Crippen LogP contribution >= 0.6 is 11.8 Å². The van der Waals surface area contributed by atoms with E-state index in [2.05, 4.69) is 43.4 Å². The number of aromatic nitrogens is 3. The Kier molecular flexibility index (Phi) is 4.85. The van der Waals surface area contributed by atoms with Gasteiger partial charge in [-0.05, 0) is 31.7 Å². The number of carbonyl (C=O) groups is 1. The maximum Gasteiger partial charge on any atom is 0.227 e. The Hall–Kier alpha value is -2.08. The zero-order chi connectivity index (χ0) is 18.1. The van der Waals surface area contributed by atoms with Crippen molar-refractivity contribution in [1.82, 2.24) is 14.8 Å². The molecule has 0 radical (unpaired) electrons. The van der Waals surface area contributed by atoms with Gasteiger partial charge in [0.25, 0.3) is 0 Å². The third kappa shape index (κ3) is 3.18. The zero-order valence-corrected chi connectivity index (χ0v) is 16.1. The molecule has 6 heteroatoms. The second-order valence-electron chi connectivity index (χ2n) is 6.97. The standard InChI is InChI=1S/C20H24N4OS/c1-3-4-12-26-20-22-19-21-15-6-5-7-16(25)17(15)18(24(19)23-20)14-10-8-13(2)9-11-14/h8-11,18H,3-7,12H2,1-2H3,(H,21,22,23). The molecule has 2 heterocycles. The highest BCUT2D eigenvalue weighted by molar-refractivity contribution is 7.99. The summed E-state index contributed by atoms with van der Waals surface area (Å²) in [4.78, 5) is 17.4. The number of thioether (sulfide) groups is 1. The minimum absolute atomic E-state index is 0.178. The molecule has 2 aliphatic rings. The van der Waals surface area contributed by atoms with Crippen molar-refractivity contribution in [3.05, 3.63) is 46.7 Å². The summed E-state index contributed by atoms with van der Waals surface area (Å²) in [5.41, 5.74) is 4.19. The fourth-order valence-corrected chi connectivity index (χ4v) is 4.47. The Balaban J connectivity index is 1.76. The molecule has 0 bridgehead atoms. The van der Waals surface area contributed by atoms with E-state index in [1.165, 1.54) is 5.56 Å². The number of hydrogen-bond donors (Lipinski definition) is 1. The number of carbonyl (C=O) groups excluding carboxylic acids is 1. The van der Waals surface area contributed by atoms with E-state index < -0.39 is 0 Å². The third-order valence-corrected chi connectivity index (χ3v) is 5.89. The van der Waals surface area contributed by atoms with Gasteiger partial charge >= 0.3 is 0 Å². The molecule has 2 aromatic rings. The molecular formula is C20H24N4OS. The molecule has 1 aromatic carbocycles. The van der Waals surface area contributed by atoms with Crippen LogP contribution in [-0.2, 0) is 4.79 Å². The SMILES string of the molecule is CCCCSc1nc2n(n1)C(c1ccc(C)cc1)C1=C(CCCC1=O)N2. The van der Waals surface area contributed by atoms with E-state index in [9.17, 15) is 4.79 Å². The van der Waals surface area contributed by atoms with Crippen molar-refractivity contribution in [3.8, 4) is 0 Å². The monoisotopic (exact) mass is 368 g/mol. The molecule has 1 atom stereocenters. The first kappa shape index (κ1) is 17.3. The molecular weight excluding hydrogens is 344 g/mol. The molecule has 0 amide bonds. The fraction of sp³-hybridized carbons (Fsp3) is 0.450. The maximum atomic E-state index is 12.7. The smallest absolute Gasteiger partial charge is 0.227 e. The molecule has 136 valence electrons. The van der Waals surface area contributed by atoms with E-state index >= 15 is 0 Å². The summed E-state index contributed by atoms with van der Waals surface area (Å²) in [6.45, 7) is 4.26. The number of Topliss-reactive ketones (excluding diaryl/α,β-unsaturated/α-hetero) is 1. The fourth-order valence-electron chi connectivity index (χ4n) is 3.56. The van der Waals surface area contributed by atoms with Crippen LogP contribution in [0.4, 0.5) is 5.95 Å². The van der Waals surface area contributed by atoms with Crippen LogP contribution in [0.15, 0.2) is 40.7 Å². The van der Waals surface area contributed by atoms with Crippen molar-refractivity contribution in [2.75, 3.05) is 11.1 Å². The van der Waals surface area contributed by atoms with Gasteiger partial charge in [0.2, 0.25) is 11.1 Å². The topological polar surface area (TPSA) is 59.8 Å². The van der Waals surface area contributed by atoms with Crippen molar-refractivity contribution in [1.29, 1.82) is 0 Å². The van der Waals surface area contributed by atoms with Gasteiger partial charge in [0.1, 0.15) is 6.04 Å². The van der Waals surface area contributed by atoms with Crippen LogP contribution < -0.4 is 5.32 Å². The number of nitrogens with one attached hydrogen (secondary N) is 1. The molecule has 0 saturated heterocycles. The van der Waals surface area contributed by atoms with Gasteiger partial charge in [-0.15, -0.1) is 5.10 Å². The number of aryl methyl sites for hydroxylation is 1. The number of fused-ring (bicyclic) bond motifs is 1. The number of ketones is 1. The molecule has 1 N–H and O–H groups in total. The van der Waals surface area contributed by atoms with Gasteiger partial charge in [-0.1, -0.05) is 54.9 Å². The van der Waals surface area contributed by atoms with E-state index in [1.807, 2.05) is 4.68 Å². The van der Waals surface area contributed by atoms with E-state index in [4.69, 9.17) is 10.1 Å². The lowest BCUT2D eigenvalue weighted by molar-refractivity contribution is -0.116. The second-order valence-corrected chi connectivity index (χ2v) is 8.03. The summed E-state index contributed by atoms with van der Waals surface area (Å²) in [6.07, 6.45) is 4.73. The molecule has 0 fully saturated rings. The molecule has 1 aliphatic carbocycles. The first-order chi connectivity index (χ1) is 12.7. The lowest BCUT2D eigenvalue weighted by atomic mass is 9.85. The quantitative estimate of drug-likeness (QED) is 0.622. The van der Waals surface area contributed by atoms with Crippen molar-refractivity contribution in [3.63, 3.8) is 0 Å². The van der Waals surface area contributed by atoms with Crippen LogP contribution in [-0.4, -0.2) is 26.3 Å². The molecule has 4 rings (SSSR count). The van der Waals surface area contributed by atoms with Gasteiger partial charge < -0.3 is 5.32 Å². The van der Waals surface area contributed by atoms with Crippen molar-refractivity contribution in [2.24, 2.45) is 0 Å². The average Bonchev–Trinajstić information content (AvgIpc) is 3.04. The minimum Gasteiger partial charge on any atom is -0.328 e. The zero-order valence-electron chi connectivity index (χ0n) is 15.3. The Morgan fingerprint density at radius 1 is 1.27 bits per heavy atom. The maximum absolute atomic E-state index is 12.7. The van der Waals surface area contributed by atoms with Crippen LogP contribution in [0, 0.1) is 6.92 Å². The van der Waals surface area contributed by atoms with E-state index in [0.717, 1.165) is 59.4 Å². The highest BCUT2D eigenvalue weighted by Gasteiger charge is 2.36. The summed E-state index contributed by atoms with van der Waals surface area (Å²) in [6, 6.07) is 8.22. The number of anilines is 1. The Labute approximate surface area is 158 Å².